The highest BCUT2D eigenvalue weighted by Gasteiger charge is 2.25. The molecule has 1 N–H and O–H groups in total. The van der Waals surface area contributed by atoms with Crippen molar-refractivity contribution in [1.29, 1.82) is 0 Å². The van der Waals surface area contributed by atoms with E-state index in [1.165, 1.54) is 5.57 Å². The minimum absolute atomic E-state index is 0.123. The fourth-order valence-corrected chi connectivity index (χ4v) is 1.94. The zero-order valence-corrected chi connectivity index (χ0v) is 12.5. The molecule has 0 aliphatic carbocycles. The van der Waals surface area contributed by atoms with E-state index in [1.54, 1.807) is 0 Å². The van der Waals surface area contributed by atoms with Gasteiger partial charge < -0.3 is 9.84 Å². The molecule has 1 aromatic rings. The Bertz CT molecular complexity index is 458. The molecule has 0 amide bonds. The lowest BCUT2D eigenvalue weighted by Crippen LogP contribution is -2.44. The molecule has 19 heavy (non-hydrogen) atoms. The maximum Gasteiger partial charge on any atom is 0.250 e. The normalized spacial score (nSPS) is 22.8. The first-order valence-corrected chi connectivity index (χ1v) is 6.81. The first-order valence-electron chi connectivity index (χ1n) is 6.81. The fourth-order valence-electron chi connectivity index (χ4n) is 1.94. The van der Waals surface area contributed by atoms with E-state index in [2.05, 4.69) is 55.1 Å². The smallest absolute Gasteiger partial charge is 0.250 e. The Morgan fingerprint density at radius 3 is 2.84 bits per heavy atom. The lowest BCUT2D eigenvalue weighted by Gasteiger charge is -2.30. The molecule has 1 aromatic heterocycles. The summed E-state index contributed by atoms with van der Waals surface area (Å²) in [4.78, 5) is 6.76. The molecule has 1 aliphatic heterocycles. The van der Waals surface area contributed by atoms with Crippen molar-refractivity contribution in [1.82, 2.24) is 20.4 Å². The van der Waals surface area contributed by atoms with E-state index in [0.717, 1.165) is 25.5 Å². The van der Waals surface area contributed by atoms with E-state index >= 15 is 0 Å². The van der Waals surface area contributed by atoms with E-state index in [0.29, 0.717) is 5.89 Å². The summed E-state index contributed by atoms with van der Waals surface area (Å²) in [5.41, 5.74) is 1.36. The van der Waals surface area contributed by atoms with Gasteiger partial charge in [0.2, 0.25) is 0 Å². The number of likely N-dealkylation sites (N-methyl/N-ethyl adjacent to an activating group) is 1. The maximum atomic E-state index is 5.34. The average molecular weight is 264 g/mol. The van der Waals surface area contributed by atoms with Gasteiger partial charge in [-0.3, -0.25) is 4.90 Å². The molecular formula is C14H24N4O. The molecule has 1 fully saturated rings. The molecule has 2 rings (SSSR count). The van der Waals surface area contributed by atoms with Gasteiger partial charge in [0.25, 0.3) is 5.89 Å². The topological polar surface area (TPSA) is 54.2 Å². The van der Waals surface area contributed by atoms with E-state index in [4.69, 9.17) is 4.52 Å². The van der Waals surface area contributed by atoms with Gasteiger partial charge in [-0.25, -0.2) is 0 Å². The summed E-state index contributed by atoms with van der Waals surface area (Å²) in [6.45, 7) is 11.5. The molecule has 5 nitrogen and oxygen atoms in total. The van der Waals surface area contributed by atoms with Gasteiger partial charge in [0.05, 0.1) is 6.04 Å². The predicted molar refractivity (Wildman–Crippen MR) is 75.6 cm³/mol. The standard InChI is InChI=1S/C14H24N4O/c1-10(14(2,3)4)8-12-16-13(17-19-12)11-9-15-6-7-18(11)5/h8,11,15H,6-7,9H2,1-5H3/b10-8-. The minimum atomic E-state index is 0.123. The second-order valence-corrected chi connectivity index (χ2v) is 6.27. The average Bonchev–Trinajstić information content (AvgIpc) is 2.76. The molecule has 0 radical (unpaired) electrons. The van der Waals surface area contributed by atoms with Crippen molar-refractivity contribution in [2.24, 2.45) is 5.41 Å². The van der Waals surface area contributed by atoms with Gasteiger partial charge in [-0.1, -0.05) is 31.5 Å². The number of nitrogens with zero attached hydrogens (tertiary/aromatic N) is 3. The molecule has 106 valence electrons. The third kappa shape index (κ3) is 3.42. The number of nitrogens with one attached hydrogen (secondary N) is 1. The van der Waals surface area contributed by atoms with Gasteiger partial charge >= 0.3 is 0 Å². The summed E-state index contributed by atoms with van der Waals surface area (Å²) in [5, 5.41) is 7.47. The van der Waals surface area contributed by atoms with E-state index in [9.17, 15) is 0 Å². The van der Waals surface area contributed by atoms with Crippen LogP contribution in [0.25, 0.3) is 6.08 Å². The van der Waals surface area contributed by atoms with E-state index in [1.807, 2.05) is 6.08 Å². The summed E-state index contributed by atoms with van der Waals surface area (Å²) in [6.07, 6.45) is 1.98. The van der Waals surface area contributed by atoms with Gasteiger partial charge in [-0.05, 0) is 19.4 Å². The molecule has 5 heteroatoms. The van der Waals surface area contributed by atoms with Crippen LogP contribution in [-0.4, -0.2) is 41.7 Å². The lowest BCUT2D eigenvalue weighted by atomic mass is 9.87. The third-order valence-electron chi connectivity index (χ3n) is 3.79. The summed E-state index contributed by atoms with van der Waals surface area (Å²) in [6, 6.07) is 0.203. The molecule has 1 atom stereocenters. The largest absolute Gasteiger partial charge is 0.335 e. The van der Waals surface area contributed by atoms with Crippen LogP contribution in [0.1, 0.15) is 45.5 Å². The maximum absolute atomic E-state index is 5.34. The van der Waals surface area contributed by atoms with Crippen molar-refractivity contribution in [2.45, 2.75) is 33.7 Å². The number of hydrogen-bond donors (Lipinski definition) is 1. The summed E-state index contributed by atoms with van der Waals surface area (Å²) < 4.78 is 5.34. The van der Waals surface area contributed by atoms with Crippen molar-refractivity contribution >= 4 is 6.08 Å². The molecule has 0 spiro atoms. The van der Waals surface area contributed by atoms with Crippen molar-refractivity contribution in [3.05, 3.63) is 17.3 Å². The summed E-state index contributed by atoms with van der Waals surface area (Å²) in [7, 11) is 2.10. The number of aromatic nitrogens is 2. The molecule has 1 aliphatic rings. The van der Waals surface area contributed by atoms with Crippen LogP contribution < -0.4 is 5.32 Å². The van der Waals surface area contributed by atoms with Crippen molar-refractivity contribution in [3.63, 3.8) is 0 Å². The van der Waals surface area contributed by atoms with Crippen molar-refractivity contribution in [3.8, 4) is 0 Å². The zero-order chi connectivity index (χ0) is 14.0. The predicted octanol–water partition coefficient (Wildman–Crippen LogP) is 2.10. The van der Waals surface area contributed by atoms with Gasteiger partial charge in [0.1, 0.15) is 0 Å². The van der Waals surface area contributed by atoms with E-state index in [-0.39, 0.29) is 11.5 Å². The van der Waals surface area contributed by atoms with Crippen LogP contribution in [0.5, 0.6) is 0 Å². The Kier molecular flexibility index (Phi) is 4.06. The minimum Gasteiger partial charge on any atom is -0.335 e. The quantitative estimate of drug-likeness (QED) is 0.886. The van der Waals surface area contributed by atoms with Crippen LogP contribution in [-0.2, 0) is 0 Å². The second-order valence-electron chi connectivity index (χ2n) is 6.27. The Balaban J connectivity index is 2.15. The van der Waals surface area contributed by atoms with Crippen LogP contribution in [0, 0.1) is 5.41 Å². The van der Waals surface area contributed by atoms with Gasteiger partial charge in [0.15, 0.2) is 5.82 Å². The highest BCUT2D eigenvalue weighted by Crippen LogP contribution is 2.26. The van der Waals surface area contributed by atoms with Crippen LogP contribution >= 0.6 is 0 Å². The molecule has 0 saturated carbocycles. The SMILES string of the molecule is C/C(=C/c1nc(C2CNCCN2C)no1)C(C)(C)C. The zero-order valence-electron chi connectivity index (χ0n) is 12.5. The van der Waals surface area contributed by atoms with Crippen LogP contribution in [0.2, 0.25) is 0 Å². The second kappa shape index (κ2) is 5.43. The Morgan fingerprint density at radius 2 is 2.21 bits per heavy atom. The van der Waals surface area contributed by atoms with Gasteiger partial charge in [-0.15, -0.1) is 0 Å². The molecule has 1 unspecified atom stereocenters. The first kappa shape index (κ1) is 14.2. The summed E-state index contributed by atoms with van der Waals surface area (Å²) in [5.74, 6) is 1.36. The lowest BCUT2D eigenvalue weighted by molar-refractivity contribution is 0.190. The highest BCUT2D eigenvalue weighted by molar-refractivity contribution is 5.44. The van der Waals surface area contributed by atoms with Gasteiger partial charge in [-0.2, -0.15) is 4.98 Å². The fraction of sp³-hybridized carbons (Fsp3) is 0.714. The van der Waals surface area contributed by atoms with Crippen molar-refractivity contribution < 1.29 is 4.52 Å². The molecule has 1 saturated heterocycles. The Morgan fingerprint density at radius 1 is 1.47 bits per heavy atom. The molecule has 0 aromatic carbocycles. The molecular weight excluding hydrogens is 240 g/mol. The van der Waals surface area contributed by atoms with Crippen LogP contribution in [0.3, 0.4) is 0 Å². The third-order valence-corrected chi connectivity index (χ3v) is 3.79. The Hall–Kier alpha value is -1.20. The van der Waals surface area contributed by atoms with Crippen LogP contribution in [0.15, 0.2) is 10.1 Å². The number of rotatable bonds is 2. The summed E-state index contributed by atoms with van der Waals surface area (Å²) >= 11 is 0. The number of piperazine rings is 1. The van der Waals surface area contributed by atoms with Gasteiger partial charge in [0, 0.05) is 25.7 Å². The van der Waals surface area contributed by atoms with Crippen LogP contribution in [0.4, 0.5) is 0 Å². The Labute approximate surface area is 115 Å². The van der Waals surface area contributed by atoms with Crippen molar-refractivity contribution in [2.75, 3.05) is 26.7 Å². The first-order chi connectivity index (χ1) is 8.88. The number of hydrogen-bond acceptors (Lipinski definition) is 5. The number of allylic oxidation sites excluding steroid dienone is 1. The highest BCUT2D eigenvalue weighted by atomic mass is 16.5. The monoisotopic (exact) mass is 264 g/mol. The molecule has 2 heterocycles. The molecule has 0 bridgehead atoms. The van der Waals surface area contributed by atoms with E-state index < -0.39 is 0 Å².